The van der Waals surface area contributed by atoms with Crippen LogP contribution in [0.1, 0.15) is 40.0 Å². The molecule has 5 heteroatoms. The molecular formula is C15H27N3O2. The predicted molar refractivity (Wildman–Crippen MR) is 78.3 cm³/mol. The van der Waals surface area contributed by atoms with Gasteiger partial charge in [0.2, 0.25) is 0 Å². The summed E-state index contributed by atoms with van der Waals surface area (Å²) in [7, 11) is 0. The molecule has 1 heterocycles. The molecule has 0 spiro atoms. The summed E-state index contributed by atoms with van der Waals surface area (Å²) in [6.07, 6.45) is 2.96. The monoisotopic (exact) mass is 281 g/mol. The average molecular weight is 281 g/mol. The first-order valence-corrected chi connectivity index (χ1v) is 7.54. The lowest BCUT2D eigenvalue weighted by atomic mass is 9.89. The second kappa shape index (κ2) is 8.11. The van der Waals surface area contributed by atoms with Crippen molar-refractivity contribution in [3.05, 3.63) is 0 Å². The lowest BCUT2D eigenvalue weighted by Crippen LogP contribution is -2.49. The van der Waals surface area contributed by atoms with E-state index < -0.39 is 0 Å². The highest BCUT2D eigenvalue weighted by Gasteiger charge is 2.21. The van der Waals surface area contributed by atoms with Gasteiger partial charge < -0.3 is 9.64 Å². The molecule has 0 aromatic rings. The number of carbonyl (C=O) groups is 1. The molecule has 1 fully saturated rings. The van der Waals surface area contributed by atoms with E-state index in [1.54, 1.807) is 4.90 Å². The van der Waals surface area contributed by atoms with E-state index in [-0.39, 0.29) is 11.5 Å². The number of unbranched alkanes of at least 4 members (excludes halogenated alkanes) is 1. The van der Waals surface area contributed by atoms with Crippen LogP contribution < -0.4 is 0 Å². The van der Waals surface area contributed by atoms with E-state index in [4.69, 9.17) is 10.00 Å². The summed E-state index contributed by atoms with van der Waals surface area (Å²) in [5.74, 6) is 0. The fraction of sp³-hybridized carbons (Fsp3) is 0.867. The van der Waals surface area contributed by atoms with Gasteiger partial charge in [-0.1, -0.05) is 6.42 Å². The molecule has 1 rings (SSSR count). The second-order valence-electron chi connectivity index (χ2n) is 5.98. The smallest absolute Gasteiger partial charge is 0.409 e. The molecule has 0 N–H and O–H groups in total. The van der Waals surface area contributed by atoms with Crippen LogP contribution in [-0.4, -0.2) is 55.2 Å². The summed E-state index contributed by atoms with van der Waals surface area (Å²) in [4.78, 5) is 15.7. The maximum atomic E-state index is 11.6. The number of nitriles is 1. The van der Waals surface area contributed by atoms with Gasteiger partial charge in [0.25, 0.3) is 0 Å². The first kappa shape index (κ1) is 16.8. The highest BCUT2D eigenvalue weighted by Crippen LogP contribution is 2.21. The summed E-state index contributed by atoms with van der Waals surface area (Å²) in [5.41, 5.74) is -0.206. The van der Waals surface area contributed by atoms with Crippen molar-refractivity contribution in [3.63, 3.8) is 0 Å². The Balaban J connectivity index is 2.14. The van der Waals surface area contributed by atoms with Gasteiger partial charge in [0.15, 0.2) is 0 Å². The number of rotatable bonds is 6. The van der Waals surface area contributed by atoms with Gasteiger partial charge in [-0.05, 0) is 40.2 Å². The Bertz CT molecular complexity index is 342. The van der Waals surface area contributed by atoms with Crippen LogP contribution >= 0.6 is 0 Å². The second-order valence-corrected chi connectivity index (χ2v) is 5.98. The number of piperazine rings is 1. The maximum Gasteiger partial charge on any atom is 0.409 e. The first-order chi connectivity index (χ1) is 9.48. The standard InChI is InChI=1S/C15H27N3O2/c1-4-20-14(19)18-11-9-17(10-12-18)8-6-5-7-15(2,3)13-16/h4-12H2,1-3H3. The van der Waals surface area contributed by atoms with E-state index >= 15 is 0 Å². The Labute approximate surface area is 122 Å². The zero-order chi connectivity index (χ0) is 15.0. The average Bonchev–Trinajstić information content (AvgIpc) is 2.44. The molecule has 0 saturated carbocycles. The van der Waals surface area contributed by atoms with Crippen molar-refractivity contribution in [2.45, 2.75) is 40.0 Å². The van der Waals surface area contributed by atoms with Crippen LogP contribution in [0.25, 0.3) is 0 Å². The highest BCUT2D eigenvalue weighted by atomic mass is 16.6. The molecule has 0 aromatic carbocycles. The minimum Gasteiger partial charge on any atom is -0.450 e. The maximum absolute atomic E-state index is 11.6. The summed E-state index contributed by atoms with van der Waals surface area (Å²) >= 11 is 0. The van der Waals surface area contributed by atoms with Crippen LogP contribution in [0, 0.1) is 16.7 Å². The molecule has 0 aromatic heterocycles. The van der Waals surface area contributed by atoms with Crippen LogP contribution in [-0.2, 0) is 4.74 Å². The van der Waals surface area contributed by atoms with Gasteiger partial charge >= 0.3 is 6.09 Å². The van der Waals surface area contributed by atoms with Crippen molar-refractivity contribution >= 4 is 6.09 Å². The number of hydrogen-bond acceptors (Lipinski definition) is 4. The summed E-state index contributed by atoms with van der Waals surface area (Å²) in [6, 6.07) is 2.34. The molecule has 5 nitrogen and oxygen atoms in total. The number of hydrogen-bond donors (Lipinski definition) is 0. The van der Waals surface area contributed by atoms with E-state index in [1.165, 1.54) is 0 Å². The fourth-order valence-corrected chi connectivity index (χ4v) is 2.33. The third-order valence-corrected chi connectivity index (χ3v) is 3.73. The lowest BCUT2D eigenvalue weighted by Gasteiger charge is -2.34. The van der Waals surface area contributed by atoms with Gasteiger partial charge in [-0.15, -0.1) is 0 Å². The number of carbonyl (C=O) groups excluding carboxylic acids is 1. The number of amides is 1. The normalized spacial score (nSPS) is 16.8. The van der Waals surface area contributed by atoms with Gasteiger partial charge in [0, 0.05) is 26.2 Å². The Hall–Kier alpha value is -1.28. The lowest BCUT2D eigenvalue weighted by molar-refractivity contribution is 0.0790. The van der Waals surface area contributed by atoms with Gasteiger partial charge in [-0.25, -0.2) is 4.79 Å². The van der Waals surface area contributed by atoms with Crippen molar-refractivity contribution in [2.75, 3.05) is 39.3 Å². The van der Waals surface area contributed by atoms with Crippen molar-refractivity contribution in [1.82, 2.24) is 9.80 Å². The van der Waals surface area contributed by atoms with Crippen molar-refractivity contribution < 1.29 is 9.53 Å². The Morgan fingerprint density at radius 3 is 2.45 bits per heavy atom. The fourth-order valence-electron chi connectivity index (χ4n) is 2.33. The Morgan fingerprint density at radius 1 is 1.25 bits per heavy atom. The van der Waals surface area contributed by atoms with E-state index in [0.29, 0.717) is 6.61 Å². The Kier molecular flexibility index (Phi) is 6.80. The van der Waals surface area contributed by atoms with Crippen LogP contribution in [0.15, 0.2) is 0 Å². The van der Waals surface area contributed by atoms with Crippen LogP contribution in [0.3, 0.4) is 0 Å². The zero-order valence-corrected chi connectivity index (χ0v) is 13.0. The van der Waals surface area contributed by atoms with Crippen LogP contribution in [0.4, 0.5) is 4.79 Å². The minimum atomic E-state index is -0.206. The number of nitrogens with zero attached hydrogens (tertiary/aromatic N) is 3. The molecule has 0 aliphatic carbocycles. The molecule has 1 amide bonds. The molecule has 1 aliphatic heterocycles. The third kappa shape index (κ3) is 5.79. The predicted octanol–water partition coefficient (Wildman–Crippen LogP) is 2.48. The van der Waals surface area contributed by atoms with Crippen molar-refractivity contribution in [1.29, 1.82) is 5.26 Å². The van der Waals surface area contributed by atoms with Crippen molar-refractivity contribution in [2.24, 2.45) is 5.41 Å². The quantitative estimate of drug-likeness (QED) is 0.702. The first-order valence-electron chi connectivity index (χ1n) is 7.54. The highest BCUT2D eigenvalue weighted by molar-refractivity contribution is 5.67. The van der Waals surface area contributed by atoms with Gasteiger partial charge in [-0.2, -0.15) is 5.26 Å². The van der Waals surface area contributed by atoms with E-state index in [2.05, 4.69) is 11.0 Å². The molecule has 0 radical (unpaired) electrons. The van der Waals surface area contributed by atoms with Gasteiger partial charge in [0.1, 0.15) is 0 Å². The molecule has 0 unspecified atom stereocenters. The third-order valence-electron chi connectivity index (χ3n) is 3.73. The SMILES string of the molecule is CCOC(=O)N1CCN(CCCCC(C)(C)C#N)CC1. The van der Waals surface area contributed by atoms with E-state index in [9.17, 15) is 4.79 Å². The molecule has 0 atom stereocenters. The molecule has 1 saturated heterocycles. The molecular weight excluding hydrogens is 254 g/mol. The summed E-state index contributed by atoms with van der Waals surface area (Å²) in [6.45, 7) is 10.6. The van der Waals surface area contributed by atoms with Crippen molar-refractivity contribution in [3.8, 4) is 6.07 Å². The van der Waals surface area contributed by atoms with Gasteiger partial charge in [0.05, 0.1) is 18.1 Å². The van der Waals surface area contributed by atoms with Crippen LogP contribution in [0.2, 0.25) is 0 Å². The van der Waals surface area contributed by atoms with E-state index in [1.807, 2.05) is 20.8 Å². The van der Waals surface area contributed by atoms with Gasteiger partial charge in [-0.3, -0.25) is 4.90 Å². The summed E-state index contributed by atoms with van der Waals surface area (Å²) in [5, 5.41) is 8.96. The Morgan fingerprint density at radius 2 is 1.90 bits per heavy atom. The minimum absolute atomic E-state index is 0.192. The topological polar surface area (TPSA) is 56.6 Å². The van der Waals surface area contributed by atoms with E-state index in [0.717, 1.165) is 52.0 Å². The molecule has 1 aliphatic rings. The molecule has 114 valence electrons. The largest absolute Gasteiger partial charge is 0.450 e. The number of ether oxygens (including phenoxy) is 1. The zero-order valence-electron chi connectivity index (χ0n) is 13.0. The summed E-state index contributed by atoms with van der Waals surface area (Å²) < 4.78 is 5.00. The molecule has 0 bridgehead atoms. The van der Waals surface area contributed by atoms with Crippen LogP contribution in [0.5, 0.6) is 0 Å². The molecule has 20 heavy (non-hydrogen) atoms.